The van der Waals surface area contributed by atoms with E-state index in [1.165, 1.54) is 14.2 Å². The van der Waals surface area contributed by atoms with Crippen molar-refractivity contribution in [2.75, 3.05) is 14.2 Å². The molecule has 0 aromatic heterocycles. The van der Waals surface area contributed by atoms with Gasteiger partial charge in [0.15, 0.2) is 23.8 Å². The molecule has 6 atom stereocenters. The number of Topliss-reactive ketones (excluding diaryl/α,β-unsaturated/α-hetero) is 2. The van der Waals surface area contributed by atoms with Crippen LogP contribution in [0.3, 0.4) is 0 Å². The number of carbonyl (C=O) groups is 2. The van der Waals surface area contributed by atoms with Crippen molar-refractivity contribution >= 4 is 58.0 Å². The first kappa shape index (κ1) is 15.6. The quantitative estimate of drug-likeness (QED) is 0.410. The second kappa shape index (κ2) is 4.20. The Bertz CT molecular complexity index is 609. The molecule has 3 fully saturated rings. The van der Waals surface area contributed by atoms with Crippen molar-refractivity contribution < 1.29 is 23.8 Å². The van der Waals surface area contributed by atoms with Gasteiger partial charge >= 0.3 is 0 Å². The van der Waals surface area contributed by atoms with E-state index in [-0.39, 0.29) is 21.6 Å². The molecule has 5 nitrogen and oxygen atoms in total. The van der Waals surface area contributed by atoms with E-state index in [1.54, 1.807) is 0 Å². The molecule has 2 saturated carbocycles. The SMILES string of the molecule is COC1(OC)[C@@]2(Cl)C(Cl)=C(Cl)[C@@]1(Cl)[C@H]1C(=O)[C@H]3O[C@H]3C(=O)[C@H]12. The first-order chi connectivity index (χ1) is 10.2. The van der Waals surface area contributed by atoms with Crippen LogP contribution in [0.25, 0.3) is 0 Å². The van der Waals surface area contributed by atoms with Crippen LogP contribution >= 0.6 is 46.4 Å². The zero-order valence-electron chi connectivity index (χ0n) is 11.4. The Balaban J connectivity index is 2.04. The van der Waals surface area contributed by atoms with Crippen molar-refractivity contribution in [3.05, 3.63) is 10.1 Å². The predicted molar refractivity (Wildman–Crippen MR) is 78.3 cm³/mol. The van der Waals surface area contributed by atoms with E-state index < -0.39 is 39.6 Å². The molecule has 0 unspecified atom stereocenters. The minimum absolute atomic E-state index is 0.0315. The fourth-order valence-electron chi connectivity index (χ4n) is 4.31. The molecule has 22 heavy (non-hydrogen) atoms. The van der Waals surface area contributed by atoms with E-state index in [2.05, 4.69) is 0 Å². The molecule has 2 bridgehead atoms. The third-order valence-corrected chi connectivity index (χ3v) is 7.83. The Kier molecular flexibility index (Phi) is 2.98. The lowest BCUT2D eigenvalue weighted by Gasteiger charge is -2.41. The van der Waals surface area contributed by atoms with Crippen molar-refractivity contribution in [2.24, 2.45) is 11.8 Å². The van der Waals surface area contributed by atoms with E-state index >= 15 is 0 Å². The molecule has 1 saturated heterocycles. The molecule has 0 spiro atoms. The van der Waals surface area contributed by atoms with Gasteiger partial charge in [0.05, 0.1) is 21.9 Å². The molecule has 4 aliphatic rings. The van der Waals surface area contributed by atoms with E-state index in [0.29, 0.717) is 0 Å². The van der Waals surface area contributed by atoms with Crippen molar-refractivity contribution in [2.45, 2.75) is 27.7 Å². The molecule has 120 valence electrons. The highest BCUT2D eigenvalue weighted by atomic mass is 35.5. The predicted octanol–water partition coefficient (Wildman–Crippen LogP) is 1.80. The van der Waals surface area contributed by atoms with Gasteiger partial charge in [0, 0.05) is 14.2 Å². The Morgan fingerprint density at radius 3 is 1.59 bits per heavy atom. The third-order valence-electron chi connectivity index (χ3n) is 5.22. The van der Waals surface area contributed by atoms with Crippen LogP contribution in [-0.2, 0) is 23.8 Å². The van der Waals surface area contributed by atoms with Crippen molar-refractivity contribution in [1.29, 1.82) is 0 Å². The lowest BCUT2D eigenvalue weighted by Crippen LogP contribution is -2.58. The monoisotopic (exact) mass is 386 g/mol. The number of ether oxygens (including phenoxy) is 3. The fourth-order valence-corrected chi connectivity index (χ4v) is 6.50. The highest BCUT2D eigenvalue weighted by Gasteiger charge is 2.89. The molecule has 0 amide bonds. The highest BCUT2D eigenvalue weighted by Crippen LogP contribution is 2.75. The molecule has 3 aliphatic carbocycles. The van der Waals surface area contributed by atoms with Gasteiger partial charge in [-0.2, -0.15) is 0 Å². The van der Waals surface area contributed by atoms with Crippen LogP contribution in [-0.4, -0.2) is 53.5 Å². The summed E-state index contributed by atoms with van der Waals surface area (Å²) in [5.41, 5.74) is 0. The van der Waals surface area contributed by atoms with E-state index in [0.717, 1.165) is 0 Å². The van der Waals surface area contributed by atoms with Crippen LogP contribution in [0, 0.1) is 11.8 Å². The molecule has 1 heterocycles. The van der Waals surface area contributed by atoms with Gasteiger partial charge in [0.1, 0.15) is 9.75 Å². The van der Waals surface area contributed by atoms with Gasteiger partial charge in [0.25, 0.3) is 0 Å². The lowest BCUT2D eigenvalue weighted by molar-refractivity contribution is -0.220. The number of alkyl halides is 2. The summed E-state index contributed by atoms with van der Waals surface area (Å²) in [4.78, 5) is 21.9. The lowest BCUT2D eigenvalue weighted by atomic mass is 9.71. The summed E-state index contributed by atoms with van der Waals surface area (Å²) >= 11 is 26.1. The Morgan fingerprint density at radius 1 is 0.909 bits per heavy atom. The molecule has 0 aromatic rings. The maximum absolute atomic E-state index is 12.6. The molecule has 0 N–H and O–H groups in total. The molecular formula is C13H10Cl4O5. The average Bonchev–Trinajstić information content (AvgIpc) is 3.25. The second-order valence-electron chi connectivity index (χ2n) is 5.81. The Labute approximate surface area is 145 Å². The maximum Gasteiger partial charge on any atom is 0.218 e. The summed E-state index contributed by atoms with van der Waals surface area (Å²) in [6.45, 7) is 0. The van der Waals surface area contributed by atoms with Crippen LogP contribution in [0.5, 0.6) is 0 Å². The van der Waals surface area contributed by atoms with Gasteiger partial charge in [-0.1, -0.05) is 23.2 Å². The summed E-state index contributed by atoms with van der Waals surface area (Å²) in [5.74, 6) is -4.41. The summed E-state index contributed by atoms with van der Waals surface area (Å²) in [5, 5.41) is -0.0629. The number of epoxide rings is 1. The first-order valence-electron chi connectivity index (χ1n) is 6.51. The smallest absolute Gasteiger partial charge is 0.218 e. The Hall–Kier alpha value is 0.120. The zero-order chi connectivity index (χ0) is 16.2. The van der Waals surface area contributed by atoms with Crippen molar-refractivity contribution in [3.63, 3.8) is 0 Å². The first-order valence-corrected chi connectivity index (χ1v) is 8.02. The van der Waals surface area contributed by atoms with E-state index in [1.807, 2.05) is 0 Å². The second-order valence-corrected chi connectivity index (χ2v) is 7.76. The third kappa shape index (κ3) is 1.21. The van der Waals surface area contributed by atoms with Crippen LogP contribution in [0.1, 0.15) is 0 Å². The number of carbonyl (C=O) groups excluding carboxylic acids is 2. The van der Waals surface area contributed by atoms with Crippen LogP contribution in [0.4, 0.5) is 0 Å². The topological polar surface area (TPSA) is 65.1 Å². The van der Waals surface area contributed by atoms with E-state index in [9.17, 15) is 9.59 Å². The zero-order valence-corrected chi connectivity index (χ0v) is 14.4. The molecule has 1 aliphatic heterocycles. The van der Waals surface area contributed by atoms with Gasteiger partial charge in [-0.05, 0) is 0 Å². The number of hydrogen-bond donors (Lipinski definition) is 0. The Morgan fingerprint density at radius 2 is 1.27 bits per heavy atom. The van der Waals surface area contributed by atoms with Gasteiger partial charge in [-0.3, -0.25) is 9.59 Å². The normalized spacial score (nSPS) is 51.2. The molecule has 4 rings (SSSR count). The maximum atomic E-state index is 12.6. The molecule has 9 heteroatoms. The summed E-state index contributed by atoms with van der Waals surface area (Å²) < 4.78 is 16.1. The van der Waals surface area contributed by atoms with Gasteiger partial charge in [-0.25, -0.2) is 0 Å². The largest absolute Gasteiger partial charge is 0.353 e. The standard InChI is InChI=1S/C13H10Cl4O5/c1-20-13(21-2)11(16)3-4(12(13,17)10(15)9(11)14)6(19)8-7(22-8)5(3)18/h3-4,7-8H,1-2H3/t3-,4+,7-,8+,11-,12-/m0/s1. The van der Waals surface area contributed by atoms with Gasteiger partial charge in [-0.15, -0.1) is 23.2 Å². The average molecular weight is 388 g/mol. The summed E-state index contributed by atoms with van der Waals surface area (Å²) in [6, 6.07) is 0. The van der Waals surface area contributed by atoms with Crippen LogP contribution in [0.15, 0.2) is 10.1 Å². The summed E-state index contributed by atoms with van der Waals surface area (Å²) in [7, 11) is 2.64. The number of rotatable bonds is 2. The minimum atomic E-state index is -1.73. The molecule has 0 aromatic carbocycles. The highest BCUT2D eigenvalue weighted by molar-refractivity contribution is 6.53. The van der Waals surface area contributed by atoms with Crippen LogP contribution in [0.2, 0.25) is 0 Å². The van der Waals surface area contributed by atoms with Gasteiger partial charge < -0.3 is 14.2 Å². The number of methoxy groups -OCH3 is 2. The summed E-state index contributed by atoms with van der Waals surface area (Å²) in [6.07, 6.45) is -1.59. The number of ketones is 2. The van der Waals surface area contributed by atoms with E-state index in [4.69, 9.17) is 60.6 Å². The fraction of sp³-hybridized carbons (Fsp3) is 0.692. The number of fused-ring (bicyclic) bond motifs is 6. The molecule has 0 radical (unpaired) electrons. The molecular weight excluding hydrogens is 378 g/mol. The minimum Gasteiger partial charge on any atom is -0.353 e. The van der Waals surface area contributed by atoms with Gasteiger partial charge in [0.2, 0.25) is 5.79 Å². The van der Waals surface area contributed by atoms with Crippen molar-refractivity contribution in [1.82, 2.24) is 0 Å². The number of halogens is 4. The van der Waals surface area contributed by atoms with Crippen LogP contribution < -0.4 is 0 Å². The number of hydrogen-bond acceptors (Lipinski definition) is 5. The van der Waals surface area contributed by atoms with Crippen molar-refractivity contribution in [3.8, 4) is 0 Å².